The van der Waals surface area contributed by atoms with Crippen molar-refractivity contribution in [2.45, 2.75) is 5.88 Å². The van der Waals surface area contributed by atoms with E-state index in [-0.39, 0.29) is 5.82 Å². The average molecular weight is 307 g/mol. The number of benzene rings is 1. The van der Waals surface area contributed by atoms with Crippen molar-refractivity contribution in [3.63, 3.8) is 0 Å². The van der Waals surface area contributed by atoms with E-state index in [9.17, 15) is 4.39 Å². The highest BCUT2D eigenvalue weighted by Gasteiger charge is 2.20. The summed E-state index contributed by atoms with van der Waals surface area (Å²) in [5.74, 6) is 1.04. The molecule has 1 aliphatic heterocycles. The smallest absolute Gasteiger partial charge is 0.147 e. The molecule has 0 N–H and O–H groups in total. The Labute approximate surface area is 128 Å². The first-order valence-corrected chi connectivity index (χ1v) is 7.42. The number of nitrogens with zero attached hydrogens (tertiary/aromatic N) is 4. The van der Waals surface area contributed by atoms with Crippen LogP contribution in [0.15, 0.2) is 36.7 Å². The normalized spacial score (nSPS) is 15.3. The lowest BCUT2D eigenvalue weighted by Crippen LogP contribution is -2.47. The van der Waals surface area contributed by atoms with E-state index >= 15 is 0 Å². The lowest BCUT2D eigenvalue weighted by molar-refractivity contribution is 0.596. The zero-order chi connectivity index (χ0) is 14.7. The molecule has 0 bridgehead atoms. The molecule has 1 aliphatic rings. The minimum atomic E-state index is -0.169. The molecular weight excluding hydrogens is 291 g/mol. The number of hydrogen-bond acceptors (Lipinski definition) is 4. The van der Waals surface area contributed by atoms with E-state index in [4.69, 9.17) is 11.6 Å². The number of halogens is 2. The third-order valence-electron chi connectivity index (χ3n) is 3.63. The van der Waals surface area contributed by atoms with Crippen molar-refractivity contribution in [3.05, 3.63) is 48.2 Å². The summed E-state index contributed by atoms with van der Waals surface area (Å²) in [7, 11) is 0. The molecule has 2 heterocycles. The maximum atomic E-state index is 13.8. The van der Waals surface area contributed by atoms with E-state index in [2.05, 4.69) is 19.8 Å². The summed E-state index contributed by atoms with van der Waals surface area (Å²) in [5, 5.41) is 0. The van der Waals surface area contributed by atoms with Gasteiger partial charge in [-0.2, -0.15) is 0 Å². The van der Waals surface area contributed by atoms with Crippen molar-refractivity contribution >= 4 is 23.1 Å². The van der Waals surface area contributed by atoms with Crippen molar-refractivity contribution in [2.24, 2.45) is 0 Å². The minimum absolute atomic E-state index is 0.169. The summed E-state index contributed by atoms with van der Waals surface area (Å²) in [4.78, 5) is 12.8. The van der Waals surface area contributed by atoms with E-state index in [1.165, 1.54) is 6.07 Å². The predicted octanol–water partition coefficient (Wildman–Crippen LogP) is 2.68. The van der Waals surface area contributed by atoms with Gasteiger partial charge < -0.3 is 9.80 Å². The fourth-order valence-electron chi connectivity index (χ4n) is 2.46. The van der Waals surface area contributed by atoms with E-state index < -0.39 is 0 Å². The van der Waals surface area contributed by atoms with Gasteiger partial charge in [0.2, 0.25) is 0 Å². The molecule has 1 aromatic heterocycles. The molecule has 0 radical (unpaired) electrons. The zero-order valence-electron chi connectivity index (χ0n) is 11.5. The second kappa shape index (κ2) is 6.26. The zero-order valence-corrected chi connectivity index (χ0v) is 12.3. The molecule has 0 saturated carbocycles. The van der Waals surface area contributed by atoms with Crippen LogP contribution in [-0.2, 0) is 5.88 Å². The van der Waals surface area contributed by atoms with Gasteiger partial charge in [-0.1, -0.05) is 12.1 Å². The summed E-state index contributed by atoms with van der Waals surface area (Å²) >= 11 is 5.71. The van der Waals surface area contributed by atoms with Gasteiger partial charge >= 0.3 is 0 Å². The quantitative estimate of drug-likeness (QED) is 0.816. The Morgan fingerprint density at radius 2 is 1.71 bits per heavy atom. The van der Waals surface area contributed by atoms with Gasteiger partial charge in [0.1, 0.15) is 11.6 Å². The lowest BCUT2D eigenvalue weighted by Gasteiger charge is -2.36. The Morgan fingerprint density at radius 3 is 2.33 bits per heavy atom. The highest BCUT2D eigenvalue weighted by molar-refractivity contribution is 6.16. The molecule has 1 aromatic carbocycles. The molecule has 4 nitrogen and oxygen atoms in total. The summed E-state index contributed by atoms with van der Waals surface area (Å²) in [5.41, 5.74) is 1.44. The van der Waals surface area contributed by atoms with Gasteiger partial charge in [0, 0.05) is 26.2 Å². The molecule has 21 heavy (non-hydrogen) atoms. The number of rotatable bonds is 3. The molecule has 1 fully saturated rings. The number of hydrogen-bond donors (Lipinski definition) is 0. The van der Waals surface area contributed by atoms with Crippen LogP contribution in [-0.4, -0.2) is 36.1 Å². The third-order valence-corrected chi connectivity index (χ3v) is 3.90. The van der Waals surface area contributed by atoms with Crippen LogP contribution < -0.4 is 9.80 Å². The molecule has 0 amide bonds. The van der Waals surface area contributed by atoms with Gasteiger partial charge in [-0.05, 0) is 12.1 Å². The first-order valence-electron chi connectivity index (χ1n) is 6.89. The van der Waals surface area contributed by atoms with Gasteiger partial charge in [-0.15, -0.1) is 11.6 Å². The summed E-state index contributed by atoms with van der Waals surface area (Å²) in [6, 6.07) is 6.89. The highest BCUT2D eigenvalue weighted by atomic mass is 35.5. The van der Waals surface area contributed by atoms with E-state index in [0.717, 1.165) is 37.7 Å². The molecule has 2 aromatic rings. The van der Waals surface area contributed by atoms with Crippen LogP contribution in [0, 0.1) is 5.82 Å². The van der Waals surface area contributed by atoms with Crippen molar-refractivity contribution in [2.75, 3.05) is 36.0 Å². The lowest BCUT2D eigenvalue weighted by atomic mass is 10.2. The number of aromatic nitrogens is 2. The van der Waals surface area contributed by atoms with Crippen molar-refractivity contribution in [1.29, 1.82) is 0 Å². The predicted molar refractivity (Wildman–Crippen MR) is 82.4 cm³/mol. The summed E-state index contributed by atoms with van der Waals surface area (Å²) in [6.07, 6.45) is 3.45. The maximum Gasteiger partial charge on any atom is 0.147 e. The van der Waals surface area contributed by atoms with Crippen LogP contribution in [0.25, 0.3) is 0 Å². The largest absolute Gasteiger partial charge is 0.366 e. The number of anilines is 2. The van der Waals surface area contributed by atoms with E-state index in [1.807, 2.05) is 12.1 Å². The van der Waals surface area contributed by atoms with Crippen LogP contribution in [0.4, 0.5) is 15.9 Å². The third kappa shape index (κ3) is 3.08. The molecule has 6 heteroatoms. The van der Waals surface area contributed by atoms with Crippen molar-refractivity contribution < 1.29 is 4.39 Å². The molecule has 3 rings (SSSR count). The molecule has 110 valence electrons. The molecule has 0 spiro atoms. The molecule has 1 saturated heterocycles. The Bertz CT molecular complexity index is 597. The molecular formula is C15H16ClFN4. The Hall–Kier alpha value is -1.88. The number of para-hydroxylation sites is 1. The van der Waals surface area contributed by atoms with Crippen molar-refractivity contribution in [3.8, 4) is 0 Å². The van der Waals surface area contributed by atoms with Gasteiger partial charge in [0.15, 0.2) is 0 Å². The monoisotopic (exact) mass is 306 g/mol. The number of alkyl halides is 1. The van der Waals surface area contributed by atoms with Gasteiger partial charge in [-0.3, -0.25) is 4.98 Å². The Kier molecular flexibility index (Phi) is 4.20. The van der Waals surface area contributed by atoms with Crippen LogP contribution in [0.2, 0.25) is 0 Å². The van der Waals surface area contributed by atoms with Gasteiger partial charge in [0.05, 0.1) is 29.7 Å². The second-order valence-corrected chi connectivity index (χ2v) is 5.19. The fraction of sp³-hybridized carbons (Fsp3) is 0.333. The average Bonchev–Trinajstić information content (AvgIpc) is 2.56. The van der Waals surface area contributed by atoms with E-state index in [0.29, 0.717) is 11.6 Å². The number of piperazine rings is 1. The van der Waals surface area contributed by atoms with Crippen LogP contribution in [0.5, 0.6) is 0 Å². The highest BCUT2D eigenvalue weighted by Crippen LogP contribution is 2.21. The van der Waals surface area contributed by atoms with Crippen molar-refractivity contribution in [1.82, 2.24) is 9.97 Å². The minimum Gasteiger partial charge on any atom is -0.366 e. The van der Waals surface area contributed by atoms with Crippen LogP contribution in [0.1, 0.15) is 5.69 Å². The van der Waals surface area contributed by atoms with E-state index in [1.54, 1.807) is 18.5 Å². The standard InChI is InChI=1S/C15H16ClFN4/c16-9-12-10-19-15(11-18-12)21-7-5-20(6-8-21)14-4-2-1-3-13(14)17/h1-4,10-11H,5-9H2. The first kappa shape index (κ1) is 14.1. The summed E-state index contributed by atoms with van der Waals surface area (Å²) in [6.45, 7) is 3.12. The Balaban J connectivity index is 1.66. The maximum absolute atomic E-state index is 13.8. The molecule has 0 aliphatic carbocycles. The van der Waals surface area contributed by atoms with Gasteiger partial charge in [-0.25, -0.2) is 9.37 Å². The first-order chi connectivity index (χ1) is 10.3. The van der Waals surface area contributed by atoms with Crippen LogP contribution in [0.3, 0.4) is 0 Å². The molecule has 0 unspecified atom stereocenters. The fourth-order valence-corrected chi connectivity index (χ4v) is 2.60. The SMILES string of the molecule is Fc1ccccc1N1CCN(c2cnc(CCl)cn2)CC1. The van der Waals surface area contributed by atoms with Crippen LogP contribution >= 0.6 is 11.6 Å². The topological polar surface area (TPSA) is 32.3 Å². The molecule has 0 atom stereocenters. The Morgan fingerprint density at radius 1 is 1.00 bits per heavy atom. The summed E-state index contributed by atoms with van der Waals surface area (Å²) < 4.78 is 13.8. The second-order valence-electron chi connectivity index (χ2n) is 4.93. The van der Waals surface area contributed by atoms with Gasteiger partial charge in [0.25, 0.3) is 0 Å².